The van der Waals surface area contributed by atoms with E-state index in [2.05, 4.69) is 30.3 Å². The Hall–Kier alpha value is -1.31. The Labute approximate surface area is 125 Å². The number of benzene rings is 1. The summed E-state index contributed by atoms with van der Waals surface area (Å²) in [7, 11) is 0. The first-order valence-electron chi connectivity index (χ1n) is 8.14. The highest BCUT2D eigenvalue weighted by Gasteiger charge is 2.22. The lowest BCUT2D eigenvalue weighted by atomic mass is 9.89. The quantitative estimate of drug-likeness (QED) is 0.756. The van der Waals surface area contributed by atoms with Crippen LogP contribution in [0.1, 0.15) is 65.4 Å². The van der Waals surface area contributed by atoms with E-state index >= 15 is 0 Å². The van der Waals surface area contributed by atoms with Crippen LogP contribution in [0.4, 0.5) is 0 Å². The zero-order valence-corrected chi connectivity index (χ0v) is 13.9. The monoisotopic (exact) mass is 277 g/mol. The Bertz CT molecular complexity index is 340. The maximum atomic E-state index is 11.5. The van der Waals surface area contributed by atoms with Crippen LogP contribution in [0.2, 0.25) is 0 Å². The summed E-state index contributed by atoms with van der Waals surface area (Å²) in [6, 6.07) is 10.6. The Morgan fingerprint density at radius 3 is 2.00 bits per heavy atom. The molecule has 2 nitrogen and oxygen atoms in total. The van der Waals surface area contributed by atoms with E-state index in [0.717, 1.165) is 25.9 Å². The van der Waals surface area contributed by atoms with Crippen LogP contribution in [-0.2, 0) is 4.79 Å². The van der Waals surface area contributed by atoms with Crippen LogP contribution in [-0.4, -0.2) is 23.9 Å². The number of hydrogen-bond acceptors (Lipinski definition) is 1. The highest BCUT2D eigenvalue weighted by atomic mass is 16.2. The van der Waals surface area contributed by atoms with Gasteiger partial charge in [-0.3, -0.25) is 4.79 Å². The number of piperidine rings is 1. The second-order valence-corrected chi connectivity index (χ2v) is 4.42. The standard InChI is InChI=1S/C14H19NO.2C2H6/c1-2-14(16)15-10-8-13(9-11-15)12-6-4-3-5-7-12;2*1-2/h3-7,13H,2,8-11H2,1H3;2*1-2H3. The summed E-state index contributed by atoms with van der Waals surface area (Å²) in [6.45, 7) is 11.8. The smallest absolute Gasteiger partial charge is 0.222 e. The van der Waals surface area contributed by atoms with Crippen molar-refractivity contribution < 1.29 is 4.79 Å². The van der Waals surface area contributed by atoms with Gasteiger partial charge < -0.3 is 4.90 Å². The fourth-order valence-electron chi connectivity index (χ4n) is 2.41. The molecule has 20 heavy (non-hydrogen) atoms. The molecule has 0 aromatic heterocycles. The Balaban J connectivity index is 0.000000829. The Morgan fingerprint density at radius 1 is 1.05 bits per heavy atom. The van der Waals surface area contributed by atoms with Crippen molar-refractivity contribution in [3.63, 3.8) is 0 Å². The molecule has 2 rings (SSSR count). The van der Waals surface area contributed by atoms with Crippen LogP contribution in [0.25, 0.3) is 0 Å². The molecule has 0 radical (unpaired) electrons. The summed E-state index contributed by atoms with van der Waals surface area (Å²) in [5.41, 5.74) is 1.42. The highest BCUT2D eigenvalue weighted by Crippen LogP contribution is 2.27. The van der Waals surface area contributed by atoms with E-state index in [1.807, 2.05) is 39.5 Å². The molecule has 0 bridgehead atoms. The van der Waals surface area contributed by atoms with Crippen molar-refractivity contribution in [2.24, 2.45) is 0 Å². The fraction of sp³-hybridized carbons (Fsp3) is 0.611. The summed E-state index contributed by atoms with van der Waals surface area (Å²) in [5.74, 6) is 0.939. The van der Waals surface area contributed by atoms with Crippen LogP contribution in [0.3, 0.4) is 0 Å². The molecule has 1 aromatic carbocycles. The molecule has 1 heterocycles. The van der Waals surface area contributed by atoms with Gasteiger partial charge in [0.1, 0.15) is 0 Å². The lowest BCUT2D eigenvalue weighted by Gasteiger charge is -2.32. The average molecular weight is 277 g/mol. The molecule has 1 aliphatic rings. The van der Waals surface area contributed by atoms with Crippen LogP contribution in [0.15, 0.2) is 30.3 Å². The summed E-state index contributed by atoms with van der Waals surface area (Å²) in [6.07, 6.45) is 2.85. The number of nitrogens with zero attached hydrogens (tertiary/aromatic N) is 1. The number of rotatable bonds is 2. The molecule has 1 fully saturated rings. The predicted molar refractivity (Wildman–Crippen MR) is 88.0 cm³/mol. The van der Waals surface area contributed by atoms with E-state index in [0.29, 0.717) is 18.2 Å². The third-order valence-electron chi connectivity index (χ3n) is 3.42. The summed E-state index contributed by atoms with van der Waals surface area (Å²) < 4.78 is 0. The van der Waals surface area contributed by atoms with E-state index in [-0.39, 0.29) is 0 Å². The SMILES string of the molecule is CC.CC.CCC(=O)N1CCC(c2ccccc2)CC1. The number of amides is 1. The van der Waals surface area contributed by atoms with Crippen LogP contribution in [0.5, 0.6) is 0 Å². The summed E-state index contributed by atoms with van der Waals surface area (Å²) >= 11 is 0. The first kappa shape index (κ1) is 18.7. The van der Waals surface area contributed by atoms with Crippen molar-refractivity contribution in [1.29, 1.82) is 0 Å². The van der Waals surface area contributed by atoms with Crippen LogP contribution >= 0.6 is 0 Å². The molecule has 0 spiro atoms. The van der Waals surface area contributed by atoms with Crippen molar-refractivity contribution in [2.45, 2.75) is 59.8 Å². The van der Waals surface area contributed by atoms with Gasteiger partial charge in [0.25, 0.3) is 0 Å². The van der Waals surface area contributed by atoms with Gasteiger partial charge in [-0.05, 0) is 24.3 Å². The molecule has 1 aromatic rings. The molecule has 0 atom stereocenters. The second-order valence-electron chi connectivity index (χ2n) is 4.42. The first-order valence-corrected chi connectivity index (χ1v) is 8.14. The van der Waals surface area contributed by atoms with Gasteiger partial charge in [0, 0.05) is 19.5 Å². The van der Waals surface area contributed by atoms with E-state index in [4.69, 9.17) is 0 Å². The molecular formula is C18H31NO. The topological polar surface area (TPSA) is 20.3 Å². The lowest BCUT2D eigenvalue weighted by Crippen LogP contribution is -2.37. The average Bonchev–Trinajstić information content (AvgIpc) is 2.59. The zero-order chi connectivity index (χ0) is 15.4. The predicted octanol–water partition coefficient (Wildman–Crippen LogP) is 4.86. The third-order valence-corrected chi connectivity index (χ3v) is 3.42. The van der Waals surface area contributed by atoms with E-state index in [1.165, 1.54) is 5.56 Å². The molecular weight excluding hydrogens is 246 g/mol. The highest BCUT2D eigenvalue weighted by molar-refractivity contribution is 5.75. The molecule has 0 N–H and O–H groups in total. The Morgan fingerprint density at radius 2 is 1.55 bits per heavy atom. The molecule has 0 unspecified atom stereocenters. The van der Waals surface area contributed by atoms with Gasteiger partial charge in [0.15, 0.2) is 0 Å². The molecule has 0 saturated carbocycles. The van der Waals surface area contributed by atoms with Crippen molar-refractivity contribution in [2.75, 3.05) is 13.1 Å². The van der Waals surface area contributed by atoms with Gasteiger partial charge in [0.2, 0.25) is 5.91 Å². The molecule has 114 valence electrons. The van der Waals surface area contributed by atoms with Crippen LogP contribution < -0.4 is 0 Å². The minimum absolute atomic E-state index is 0.298. The first-order chi connectivity index (χ1) is 9.81. The van der Waals surface area contributed by atoms with E-state index in [9.17, 15) is 4.79 Å². The number of hydrogen-bond donors (Lipinski definition) is 0. The Kier molecular flexibility index (Phi) is 10.8. The molecule has 1 saturated heterocycles. The lowest BCUT2D eigenvalue weighted by molar-refractivity contribution is -0.131. The van der Waals surface area contributed by atoms with Gasteiger partial charge in [-0.15, -0.1) is 0 Å². The second kappa shape index (κ2) is 11.5. The largest absolute Gasteiger partial charge is 0.343 e. The fourth-order valence-corrected chi connectivity index (χ4v) is 2.41. The minimum Gasteiger partial charge on any atom is -0.343 e. The van der Waals surface area contributed by atoms with Crippen LogP contribution in [0, 0.1) is 0 Å². The maximum absolute atomic E-state index is 11.5. The van der Waals surface area contributed by atoms with Crippen molar-refractivity contribution in [3.8, 4) is 0 Å². The van der Waals surface area contributed by atoms with Gasteiger partial charge in [0.05, 0.1) is 0 Å². The van der Waals surface area contributed by atoms with E-state index in [1.54, 1.807) is 0 Å². The van der Waals surface area contributed by atoms with Gasteiger partial charge in [-0.1, -0.05) is 65.0 Å². The van der Waals surface area contributed by atoms with Crippen molar-refractivity contribution in [3.05, 3.63) is 35.9 Å². The summed E-state index contributed by atoms with van der Waals surface area (Å²) in [4.78, 5) is 13.5. The molecule has 2 heteroatoms. The molecule has 1 amide bonds. The number of likely N-dealkylation sites (tertiary alicyclic amines) is 1. The minimum atomic E-state index is 0.298. The molecule has 0 aliphatic carbocycles. The maximum Gasteiger partial charge on any atom is 0.222 e. The van der Waals surface area contributed by atoms with Gasteiger partial charge in [-0.2, -0.15) is 0 Å². The number of carbonyl (C=O) groups excluding carboxylic acids is 1. The molecule has 1 aliphatic heterocycles. The van der Waals surface area contributed by atoms with Gasteiger partial charge in [-0.25, -0.2) is 0 Å². The van der Waals surface area contributed by atoms with Crippen molar-refractivity contribution in [1.82, 2.24) is 4.90 Å². The third kappa shape index (κ3) is 5.77. The van der Waals surface area contributed by atoms with Crippen molar-refractivity contribution >= 4 is 5.91 Å². The zero-order valence-electron chi connectivity index (χ0n) is 13.9. The van der Waals surface area contributed by atoms with E-state index < -0.39 is 0 Å². The normalized spacial score (nSPS) is 14.6. The summed E-state index contributed by atoms with van der Waals surface area (Å²) in [5, 5.41) is 0. The van der Waals surface area contributed by atoms with Gasteiger partial charge >= 0.3 is 0 Å². The number of carbonyl (C=O) groups is 1.